The van der Waals surface area contributed by atoms with Crippen molar-refractivity contribution in [2.45, 2.75) is 0 Å². The fourth-order valence-electron chi connectivity index (χ4n) is 1.35. The van der Waals surface area contributed by atoms with Crippen LogP contribution in [0, 0.1) is 12.3 Å². The SMILES string of the molecule is C#CCN=Cc1cc(OC)c(OC)cc1OC. The molecule has 0 radical (unpaired) electrons. The van der Waals surface area contributed by atoms with Crippen molar-refractivity contribution >= 4 is 6.21 Å². The van der Waals surface area contributed by atoms with Crippen molar-refractivity contribution in [2.75, 3.05) is 27.9 Å². The minimum absolute atomic E-state index is 0.331. The van der Waals surface area contributed by atoms with E-state index in [4.69, 9.17) is 20.6 Å². The van der Waals surface area contributed by atoms with Gasteiger partial charge in [-0.15, -0.1) is 6.42 Å². The van der Waals surface area contributed by atoms with Crippen LogP contribution in [-0.4, -0.2) is 34.1 Å². The second kappa shape index (κ2) is 6.44. The predicted octanol–water partition coefficient (Wildman–Crippen LogP) is 1.76. The van der Waals surface area contributed by atoms with Gasteiger partial charge >= 0.3 is 0 Å². The first kappa shape index (κ1) is 12.9. The van der Waals surface area contributed by atoms with Gasteiger partial charge in [0.1, 0.15) is 5.75 Å². The van der Waals surface area contributed by atoms with E-state index in [9.17, 15) is 0 Å². The quantitative estimate of drug-likeness (QED) is 0.574. The van der Waals surface area contributed by atoms with Crippen LogP contribution < -0.4 is 14.2 Å². The number of terminal acetylenes is 1. The lowest BCUT2D eigenvalue weighted by molar-refractivity contribution is 0.349. The topological polar surface area (TPSA) is 40.0 Å². The van der Waals surface area contributed by atoms with Crippen molar-refractivity contribution in [3.63, 3.8) is 0 Å². The fourth-order valence-corrected chi connectivity index (χ4v) is 1.35. The Morgan fingerprint density at radius 3 is 2.24 bits per heavy atom. The van der Waals surface area contributed by atoms with Crippen molar-refractivity contribution in [2.24, 2.45) is 4.99 Å². The number of benzene rings is 1. The highest BCUT2D eigenvalue weighted by Gasteiger charge is 2.09. The number of nitrogens with zero attached hydrogens (tertiary/aromatic N) is 1. The lowest BCUT2D eigenvalue weighted by Crippen LogP contribution is -1.96. The molecule has 4 nitrogen and oxygen atoms in total. The highest BCUT2D eigenvalue weighted by Crippen LogP contribution is 2.33. The van der Waals surface area contributed by atoms with Gasteiger partial charge in [0.05, 0.1) is 27.9 Å². The molecule has 0 saturated carbocycles. The zero-order valence-corrected chi connectivity index (χ0v) is 10.2. The Balaban J connectivity index is 3.15. The Morgan fingerprint density at radius 2 is 1.71 bits per heavy atom. The van der Waals surface area contributed by atoms with E-state index in [1.54, 1.807) is 39.7 Å². The zero-order chi connectivity index (χ0) is 12.7. The molecule has 4 heteroatoms. The summed E-state index contributed by atoms with van der Waals surface area (Å²) in [6.07, 6.45) is 6.78. The molecule has 0 amide bonds. The Kier molecular flexibility index (Phi) is 4.89. The summed E-state index contributed by atoms with van der Waals surface area (Å²) in [5, 5.41) is 0. The molecule has 0 aliphatic heterocycles. The molecule has 0 aliphatic carbocycles. The first-order valence-corrected chi connectivity index (χ1v) is 5.00. The van der Waals surface area contributed by atoms with Crippen LogP contribution in [0.15, 0.2) is 17.1 Å². The Bertz CT molecular complexity index is 447. The third-order valence-electron chi connectivity index (χ3n) is 2.15. The van der Waals surface area contributed by atoms with E-state index < -0.39 is 0 Å². The Labute approximate surface area is 101 Å². The van der Waals surface area contributed by atoms with Crippen molar-refractivity contribution in [1.29, 1.82) is 0 Å². The number of hydrogen-bond donors (Lipinski definition) is 0. The van der Waals surface area contributed by atoms with Gasteiger partial charge in [0.2, 0.25) is 0 Å². The van der Waals surface area contributed by atoms with Gasteiger partial charge in [-0.2, -0.15) is 0 Å². The number of ether oxygens (including phenoxy) is 3. The number of rotatable bonds is 5. The zero-order valence-electron chi connectivity index (χ0n) is 10.2. The normalized spacial score (nSPS) is 10.0. The molecule has 0 atom stereocenters. The van der Waals surface area contributed by atoms with Crippen LogP contribution in [0.2, 0.25) is 0 Å². The summed E-state index contributed by atoms with van der Waals surface area (Å²) in [6.45, 7) is 0.331. The number of methoxy groups -OCH3 is 3. The molecule has 0 aromatic heterocycles. The molecule has 17 heavy (non-hydrogen) atoms. The maximum atomic E-state index is 5.24. The predicted molar refractivity (Wildman–Crippen MR) is 67.4 cm³/mol. The molecular weight excluding hydrogens is 218 g/mol. The molecule has 0 aliphatic rings. The summed E-state index contributed by atoms with van der Waals surface area (Å²) in [5.74, 6) is 4.32. The first-order valence-electron chi connectivity index (χ1n) is 5.00. The van der Waals surface area contributed by atoms with Crippen LogP contribution >= 0.6 is 0 Å². The smallest absolute Gasteiger partial charge is 0.164 e. The van der Waals surface area contributed by atoms with Gasteiger partial charge in [0, 0.05) is 17.8 Å². The summed E-state index contributed by atoms with van der Waals surface area (Å²) in [5.41, 5.74) is 0.792. The molecule has 0 saturated heterocycles. The summed E-state index contributed by atoms with van der Waals surface area (Å²) in [6, 6.07) is 3.54. The number of aliphatic imine (C=N–C) groups is 1. The van der Waals surface area contributed by atoms with Gasteiger partial charge in [-0.05, 0) is 6.07 Å². The molecule has 0 unspecified atom stereocenters. The molecule has 0 spiro atoms. The van der Waals surface area contributed by atoms with E-state index in [0.29, 0.717) is 23.8 Å². The van der Waals surface area contributed by atoms with Gasteiger partial charge in [0.25, 0.3) is 0 Å². The van der Waals surface area contributed by atoms with Gasteiger partial charge in [-0.1, -0.05) is 5.92 Å². The van der Waals surface area contributed by atoms with E-state index in [0.717, 1.165) is 5.56 Å². The standard InChI is InChI=1S/C13H15NO3/c1-5-6-14-9-10-7-12(16-3)13(17-4)8-11(10)15-2/h1,7-9H,6H2,2-4H3. The van der Waals surface area contributed by atoms with Gasteiger partial charge in [-0.25, -0.2) is 0 Å². The van der Waals surface area contributed by atoms with Gasteiger partial charge in [-0.3, -0.25) is 4.99 Å². The van der Waals surface area contributed by atoms with Crippen molar-refractivity contribution in [3.05, 3.63) is 17.7 Å². The maximum absolute atomic E-state index is 5.24. The van der Waals surface area contributed by atoms with E-state index in [-0.39, 0.29) is 0 Å². The van der Waals surface area contributed by atoms with E-state index >= 15 is 0 Å². The lowest BCUT2D eigenvalue weighted by Gasteiger charge is -2.11. The Morgan fingerprint density at radius 1 is 1.12 bits per heavy atom. The average Bonchev–Trinajstić information content (AvgIpc) is 2.38. The largest absolute Gasteiger partial charge is 0.496 e. The van der Waals surface area contributed by atoms with Crippen molar-refractivity contribution in [3.8, 4) is 29.6 Å². The van der Waals surface area contributed by atoms with E-state index in [1.807, 2.05) is 0 Å². The molecule has 0 fully saturated rings. The lowest BCUT2D eigenvalue weighted by atomic mass is 10.2. The first-order chi connectivity index (χ1) is 8.26. The van der Waals surface area contributed by atoms with Crippen molar-refractivity contribution in [1.82, 2.24) is 0 Å². The molecule has 1 aromatic carbocycles. The van der Waals surface area contributed by atoms with Crippen LogP contribution in [0.4, 0.5) is 0 Å². The molecular formula is C13H15NO3. The highest BCUT2D eigenvalue weighted by atomic mass is 16.5. The molecule has 1 rings (SSSR count). The summed E-state index contributed by atoms with van der Waals surface area (Å²) in [4.78, 5) is 4.06. The molecule has 0 N–H and O–H groups in total. The third-order valence-corrected chi connectivity index (χ3v) is 2.15. The molecule has 0 bridgehead atoms. The highest BCUT2D eigenvalue weighted by molar-refractivity contribution is 5.85. The number of hydrogen-bond acceptors (Lipinski definition) is 4. The van der Waals surface area contributed by atoms with Gasteiger partial charge < -0.3 is 14.2 Å². The second-order valence-electron chi connectivity index (χ2n) is 3.12. The summed E-state index contributed by atoms with van der Waals surface area (Å²) < 4.78 is 15.6. The van der Waals surface area contributed by atoms with Crippen LogP contribution in [0.3, 0.4) is 0 Å². The average molecular weight is 233 g/mol. The van der Waals surface area contributed by atoms with Crippen molar-refractivity contribution < 1.29 is 14.2 Å². The summed E-state index contributed by atoms with van der Waals surface area (Å²) in [7, 11) is 4.73. The van der Waals surface area contributed by atoms with E-state index in [1.165, 1.54) is 0 Å². The fraction of sp³-hybridized carbons (Fsp3) is 0.308. The minimum Gasteiger partial charge on any atom is -0.496 e. The van der Waals surface area contributed by atoms with Crippen LogP contribution in [-0.2, 0) is 0 Å². The Hall–Kier alpha value is -2.15. The molecule has 0 heterocycles. The van der Waals surface area contributed by atoms with Crippen LogP contribution in [0.1, 0.15) is 5.56 Å². The van der Waals surface area contributed by atoms with Crippen LogP contribution in [0.25, 0.3) is 0 Å². The maximum Gasteiger partial charge on any atom is 0.164 e. The van der Waals surface area contributed by atoms with Crippen LogP contribution in [0.5, 0.6) is 17.2 Å². The third kappa shape index (κ3) is 3.15. The van der Waals surface area contributed by atoms with E-state index in [2.05, 4.69) is 10.9 Å². The summed E-state index contributed by atoms with van der Waals surface area (Å²) >= 11 is 0. The second-order valence-corrected chi connectivity index (χ2v) is 3.12. The molecule has 90 valence electrons. The minimum atomic E-state index is 0.331. The monoisotopic (exact) mass is 233 g/mol. The van der Waals surface area contributed by atoms with Gasteiger partial charge in [0.15, 0.2) is 11.5 Å². The molecule has 1 aromatic rings.